The highest BCUT2D eigenvalue weighted by Crippen LogP contribution is 2.18. The Bertz CT molecular complexity index is 408. The van der Waals surface area contributed by atoms with Crippen LogP contribution in [0.5, 0.6) is 0 Å². The van der Waals surface area contributed by atoms with Crippen LogP contribution in [0.4, 0.5) is 11.6 Å². The fourth-order valence-corrected chi connectivity index (χ4v) is 2.13. The van der Waals surface area contributed by atoms with Crippen molar-refractivity contribution in [3.05, 3.63) is 5.82 Å². The molecule has 0 aliphatic carbocycles. The molecule has 6 nitrogen and oxygen atoms in total. The van der Waals surface area contributed by atoms with Gasteiger partial charge in [0.15, 0.2) is 5.82 Å². The smallest absolute Gasteiger partial charge is 0.242 e. The van der Waals surface area contributed by atoms with Crippen molar-refractivity contribution >= 4 is 17.5 Å². The molecule has 1 fully saturated rings. The number of aryl methyl sites for hydroxylation is 1. The number of likely N-dealkylation sites (N-methyl/N-ethyl adjacent to an activating group) is 1. The summed E-state index contributed by atoms with van der Waals surface area (Å²) in [6, 6.07) is 0. The number of carbonyl (C=O) groups is 1. The molecule has 17 heavy (non-hydrogen) atoms. The minimum absolute atomic E-state index is 0.144. The maximum absolute atomic E-state index is 12.0. The van der Waals surface area contributed by atoms with Crippen LogP contribution in [0.15, 0.2) is 0 Å². The van der Waals surface area contributed by atoms with Crippen LogP contribution in [-0.2, 0) is 4.79 Å². The molecule has 2 heterocycles. The number of hydrogen-bond acceptors (Lipinski definition) is 4. The Morgan fingerprint density at radius 2 is 2.18 bits per heavy atom. The van der Waals surface area contributed by atoms with Gasteiger partial charge in [-0.2, -0.15) is 0 Å². The topological polar surface area (TPSA) is 78.2 Å². The molecule has 0 aromatic carbocycles. The lowest BCUT2D eigenvalue weighted by atomic mass is 10.4. The monoisotopic (exact) mass is 237 g/mol. The van der Waals surface area contributed by atoms with Gasteiger partial charge in [-0.25, -0.2) is 4.98 Å². The van der Waals surface area contributed by atoms with Gasteiger partial charge in [-0.3, -0.25) is 4.79 Å². The number of anilines is 2. The second kappa shape index (κ2) is 4.65. The lowest BCUT2D eigenvalue weighted by Crippen LogP contribution is -2.37. The van der Waals surface area contributed by atoms with Gasteiger partial charge in [0.25, 0.3) is 0 Å². The Morgan fingerprint density at radius 1 is 1.53 bits per heavy atom. The van der Waals surface area contributed by atoms with Gasteiger partial charge in [0.1, 0.15) is 11.6 Å². The van der Waals surface area contributed by atoms with E-state index in [1.165, 1.54) is 0 Å². The van der Waals surface area contributed by atoms with Crippen LogP contribution in [0.25, 0.3) is 0 Å². The number of rotatable bonds is 3. The maximum atomic E-state index is 12.0. The first-order valence-electron chi connectivity index (χ1n) is 5.89. The number of aromatic amines is 1. The first-order valence-corrected chi connectivity index (χ1v) is 5.89. The first kappa shape index (κ1) is 11.8. The second-order valence-corrected chi connectivity index (χ2v) is 4.50. The van der Waals surface area contributed by atoms with Gasteiger partial charge in [0, 0.05) is 20.1 Å². The second-order valence-electron chi connectivity index (χ2n) is 4.50. The van der Waals surface area contributed by atoms with Gasteiger partial charge < -0.3 is 20.5 Å². The van der Waals surface area contributed by atoms with Gasteiger partial charge in [0.2, 0.25) is 5.91 Å². The lowest BCUT2D eigenvalue weighted by molar-refractivity contribution is -0.128. The third-order valence-electron chi connectivity index (χ3n) is 3.02. The van der Waals surface area contributed by atoms with Crippen LogP contribution in [0.1, 0.15) is 18.7 Å². The van der Waals surface area contributed by atoms with Crippen molar-refractivity contribution in [1.29, 1.82) is 0 Å². The molecule has 6 heteroatoms. The molecule has 1 aromatic rings. The number of imidazole rings is 1. The van der Waals surface area contributed by atoms with E-state index in [1.54, 1.807) is 4.90 Å². The van der Waals surface area contributed by atoms with E-state index < -0.39 is 0 Å². The number of aromatic nitrogens is 2. The number of carbonyl (C=O) groups excluding carboxylic acids is 1. The maximum Gasteiger partial charge on any atom is 0.242 e. The lowest BCUT2D eigenvalue weighted by Gasteiger charge is -2.21. The summed E-state index contributed by atoms with van der Waals surface area (Å²) in [6.45, 7) is 3.92. The molecule has 0 spiro atoms. The van der Waals surface area contributed by atoms with Crippen molar-refractivity contribution in [2.45, 2.75) is 19.8 Å². The van der Waals surface area contributed by atoms with E-state index in [0.29, 0.717) is 18.2 Å². The molecule has 1 aliphatic heterocycles. The average Bonchev–Trinajstić information content (AvgIpc) is 2.87. The zero-order valence-corrected chi connectivity index (χ0v) is 10.4. The molecule has 0 saturated carbocycles. The van der Waals surface area contributed by atoms with Crippen molar-refractivity contribution in [1.82, 2.24) is 14.9 Å². The van der Waals surface area contributed by atoms with Gasteiger partial charge >= 0.3 is 0 Å². The summed E-state index contributed by atoms with van der Waals surface area (Å²) in [5.74, 6) is 2.07. The van der Waals surface area contributed by atoms with Crippen molar-refractivity contribution < 1.29 is 4.79 Å². The number of nitrogens with one attached hydrogen (secondary N) is 1. The minimum atomic E-state index is 0.144. The van der Waals surface area contributed by atoms with Crippen molar-refractivity contribution in [3.8, 4) is 0 Å². The number of nitrogen functional groups attached to an aromatic ring is 1. The summed E-state index contributed by atoms with van der Waals surface area (Å²) >= 11 is 0. The van der Waals surface area contributed by atoms with Crippen LogP contribution in [0, 0.1) is 6.92 Å². The quantitative estimate of drug-likeness (QED) is 0.795. The summed E-state index contributed by atoms with van der Waals surface area (Å²) in [7, 11) is 1.83. The molecule has 0 unspecified atom stereocenters. The van der Waals surface area contributed by atoms with Gasteiger partial charge in [-0.05, 0) is 19.8 Å². The van der Waals surface area contributed by atoms with Gasteiger partial charge in [0.05, 0.1) is 6.54 Å². The fraction of sp³-hybridized carbons (Fsp3) is 0.636. The van der Waals surface area contributed by atoms with E-state index >= 15 is 0 Å². The van der Waals surface area contributed by atoms with Crippen LogP contribution in [0.2, 0.25) is 0 Å². The molecule has 1 aliphatic rings. The predicted octanol–water partition coefficient (Wildman–Crippen LogP) is 0.359. The number of likely N-dealkylation sites (tertiary alicyclic amines) is 1. The molecule has 94 valence electrons. The Kier molecular flexibility index (Phi) is 3.21. The number of nitrogens with zero attached hydrogens (tertiary/aromatic N) is 3. The largest absolute Gasteiger partial charge is 0.382 e. The highest BCUT2D eigenvalue weighted by Gasteiger charge is 2.20. The highest BCUT2D eigenvalue weighted by molar-refractivity contribution is 5.82. The summed E-state index contributed by atoms with van der Waals surface area (Å²) < 4.78 is 0. The normalized spacial score (nSPS) is 15.3. The van der Waals surface area contributed by atoms with Crippen molar-refractivity contribution in [2.24, 2.45) is 0 Å². The van der Waals surface area contributed by atoms with Crippen molar-refractivity contribution in [3.63, 3.8) is 0 Å². The molecule has 1 aromatic heterocycles. The van der Waals surface area contributed by atoms with E-state index in [9.17, 15) is 4.79 Å². The van der Waals surface area contributed by atoms with E-state index in [2.05, 4.69) is 9.97 Å². The molecular formula is C11H19N5O. The predicted molar refractivity (Wildman–Crippen MR) is 66.8 cm³/mol. The third-order valence-corrected chi connectivity index (χ3v) is 3.02. The third kappa shape index (κ3) is 2.51. The van der Waals surface area contributed by atoms with Crippen LogP contribution in [0.3, 0.4) is 0 Å². The SMILES string of the molecule is Cc1nc(N(C)CC(=O)N2CCCC2)c(N)[nH]1. The number of amides is 1. The fourth-order valence-electron chi connectivity index (χ4n) is 2.13. The molecular weight excluding hydrogens is 218 g/mol. The molecule has 1 saturated heterocycles. The molecule has 2 rings (SSSR count). The van der Waals surface area contributed by atoms with Crippen LogP contribution in [-0.4, -0.2) is 47.5 Å². The number of hydrogen-bond donors (Lipinski definition) is 2. The molecule has 0 radical (unpaired) electrons. The summed E-state index contributed by atoms with van der Waals surface area (Å²) in [5.41, 5.74) is 5.79. The Balaban J connectivity index is 1.98. The van der Waals surface area contributed by atoms with Gasteiger partial charge in [-0.1, -0.05) is 0 Å². The Hall–Kier alpha value is -1.72. The minimum Gasteiger partial charge on any atom is -0.382 e. The first-order chi connectivity index (χ1) is 8.08. The highest BCUT2D eigenvalue weighted by atomic mass is 16.2. The summed E-state index contributed by atoms with van der Waals surface area (Å²) in [6.07, 6.45) is 2.22. The van der Waals surface area contributed by atoms with Crippen molar-refractivity contribution in [2.75, 3.05) is 37.3 Å². The molecule has 0 atom stereocenters. The van der Waals surface area contributed by atoms with Crippen LogP contribution < -0.4 is 10.6 Å². The zero-order chi connectivity index (χ0) is 12.4. The average molecular weight is 237 g/mol. The Morgan fingerprint density at radius 3 is 2.71 bits per heavy atom. The number of H-pyrrole nitrogens is 1. The van der Waals surface area contributed by atoms with E-state index in [1.807, 2.05) is 18.9 Å². The van der Waals surface area contributed by atoms with E-state index in [0.717, 1.165) is 31.8 Å². The molecule has 1 amide bonds. The Labute approximate surface area is 101 Å². The number of nitrogens with two attached hydrogens (primary N) is 1. The molecule has 0 bridgehead atoms. The van der Waals surface area contributed by atoms with Crippen LogP contribution >= 0.6 is 0 Å². The molecule has 3 N–H and O–H groups in total. The zero-order valence-electron chi connectivity index (χ0n) is 10.4. The van der Waals surface area contributed by atoms with E-state index in [4.69, 9.17) is 5.73 Å². The summed E-state index contributed by atoms with van der Waals surface area (Å²) in [5, 5.41) is 0. The standard InChI is InChI=1S/C11H19N5O/c1-8-13-10(12)11(14-8)15(2)7-9(17)16-5-3-4-6-16/h3-7,12H2,1-2H3,(H,13,14). The van der Waals surface area contributed by atoms with E-state index in [-0.39, 0.29) is 5.91 Å². The van der Waals surface area contributed by atoms with Gasteiger partial charge in [-0.15, -0.1) is 0 Å². The summed E-state index contributed by atoms with van der Waals surface area (Å²) in [4.78, 5) is 22.8.